The van der Waals surface area contributed by atoms with Crippen molar-refractivity contribution < 1.29 is 41.0 Å². The highest BCUT2D eigenvalue weighted by atomic mass is 32.2. The van der Waals surface area contributed by atoms with Gasteiger partial charge in [-0.3, -0.25) is 4.79 Å². The number of hydrogen-bond donors (Lipinski definition) is 0. The van der Waals surface area contributed by atoms with Gasteiger partial charge in [-0.2, -0.15) is 33.7 Å². The van der Waals surface area contributed by atoms with E-state index in [4.69, 9.17) is 9.47 Å². The number of ketones is 1. The minimum absolute atomic E-state index is 0.0776. The van der Waals surface area contributed by atoms with Crippen LogP contribution in [-0.2, 0) is 16.0 Å². The van der Waals surface area contributed by atoms with E-state index in [1.165, 1.54) is 23.1 Å². The van der Waals surface area contributed by atoms with Gasteiger partial charge in [-0.05, 0) is 108 Å². The van der Waals surface area contributed by atoms with E-state index in [2.05, 4.69) is 29.7 Å². The molecule has 6 nitrogen and oxygen atoms in total. The third kappa shape index (κ3) is 9.40. The summed E-state index contributed by atoms with van der Waals surface area (Å²) in [6.07, 6.45) is 0.202. The van der Waals surface area contributed by atoms with Gasteiger partial charge in [-0.15, -0.1) is 0 Å². The minimum Gasteiger partial charge on any atom is -0.429 e. The first-order valence-corrected chi connectivity index (χ1v) is 18.9. The Hall–Kier alpha value is -1.57. The number of likely N-dealkylation sites (N-methyl/N-ethyl adjacent to an activating group) is 1. The number of fused-ring (bicyclic) bond motifs is 6. The first-order chi connectivity index (χ1) is 22.4. The smallest absolute Gasteiger partial charge is 0.429 e. The normalized spacial score (nSPS) is 27.8. The molecule has 3 heterocycles. The lowest BCUT2D eigenvalue weighted by atomic mass is 9.72. The van der Waals surface area contributed by atoms with Crippen LogP contribution in [0.5, 0.6) is 5.75 Å². The topological polar surface area (TPSA) is 59.1 Å². The van der Waals surface area contributed by atoms with Crippen LogP contribution in [0.1, 0.15) is 102 Å². The predicted octanol–water partition coefficient (Wildman–Crippen LogP) is 9.51. The van der Waals surface area contributed by atoms with Crippen LogP contribution in [0.25, 0.3) is 0 Å². The fourth-order valence-corrected chi connectivity index (χ4v) is 10.0. The van der Waals surface area contributed by atoms with Crippen LogP contribution >= 0.6 is 23.7 Å². The van der Waals surface area contributed by atoms with Crippen molar-refractivity contribution in [2.75, 3.05) is 32.9 Å². The Morgan fingerprint density at radius 3 is 2.50 bits per heavy atom. The number of nitrogens with zero attached hydrogens (tertiary/aromatic N) is 2. The Kier molecular flexibility index (Phi) is 12.9. The summed E-state index contributed by atoms with van der Waals surface area (Å²) in [7, 11) is 3.85. The molecule has 5 atom stereocenters. The summed E-state index contributed by atoms with van der Waals surface area (Å²) in [5, 5.41) is 0.966. The zero-order chi connectivity index (χ0) is 35.5. The maximum absolute atomic E-state index is 12.6. The molecule has 13 heteroatoms. The molecule has 3 fully saturated rings. The molecule has 1 aromatic carbocycles. The molecular formula is C35H51F5N2O4S2. The summed E-state index contributed by atoms with van der Waals surface area (Å²) in [4.78, 5) is 27.0. The first-order valence-electron chi connectivity index (χ1n) is 17.1. The van der Waals surface area contributed by atoms with Crippen LogP contribution in [-0.4, -0.2) is 83.1 Å². The Bertz CT molecular complexity index is 1280. The molecule has 5 rings (SSSR count). The van der Waals surface area contributed by atoms with Gasteiger partial charge >= 0.3 is 18.3 Å². The van der Waals surface area contributed by atoms with Crippen LogP contribution in [0.4, 0.5) is 26.7 Å². The summed E-state index contributed by atoms with van der Waals surface area (Å²) in [6.45, 7) is 9.91. The first kappa shape index (κ1) is 39.2. The molecular weight excluding hydrogens is 672 g/mol. The van der Waals surface area contributed by atoms with E-state index in [-0.39, 0.29) is 29.2 Å². The van der Waals surface area contributed by atoms with Gasteiger partial charge in [0.15, 0.2) is 0 Å². The van der Waals surface area contributed by atoms with Crippen LogP contribution in [0.15, 0.2) is 18.2 Å². The van der Waals surface area contributed by atoms with E-state index in [0.29, 0.717) is 28.0 Å². The number of carbonyl (C=O) groups is 2. The second kappa shape index (κ2) is 15.8. The van der Waals surface area contributed by atoms with Crippen LogP contribution < -0.4 is 4.74 Å². The lowest BCUT2D eigenvalue weighted by Gasteiger charge is -2.33. The van der Waals surface area contributed by atoms with E-state index in [1.54, 1.807) is 0 Å². The van der Waals surface area contributed by atoms with Crippen molar-refractivity contribution in [3.8, 4) is 5.75 Å². The second-order valence-corrected chi connectivity index (χ2v) is 17.2. The molecule has 1 saturated carbocycles. The van der Waals surface area contributed by atoms with Crippen LogP contribution in [0.2, 0.25) is 0 Å². The highest BCUT2D eigenvalue weighted by molar-refractivity contribution is 8.00. The molecule has 0 spiro atoms. The lowest BCUT2D eigenvalue weighted by molar-refractivity contribution is -0.284. The fraction of sp³-hybridized carbons (Fsp3) is 0.771. The number of carbonyl (C=O) groups excluding carboxylic acids is 2. The Balaban J connectivity index is 0.000000250. The number of Topliss-reactive ketones (excluding diaryl/α,β-unsaturated/α-hetero) is 1. The number of thioether (sulfide) groups is 1. The Morgan fingerprint density at radius 1 is 1.12 bits per heavy atom. The quantitative estimate of drug-likeness (QED) is 0.0822. The third-order valence-corrected chi connectivity index (χ3v) is 14.0. The van der Waals surface area contributed by atoms with Gasteiger partial charge < -0.3 is 14.4 Å². The van der Waals surface area contributed by atoms with Crippen molar-refractivity contribution in [3.63, 3.8) is 0 Å². The van der Waals surface area contributed by atoms with Gasteiger partial charge in [0.2, 0.25) is 0 Å². The van der Waals surface area contributed by atoms with E-state index in [1.807, 2.05) is 51.3 Å². The van der Waals surface area contributed by atoms with Gasteiger partial charge in [-0.25, -0.2) is 9.10 Å². The molecule has 1 aliphatic carbocycles. The zero-order valence-corrected chi connectivity index (χ0v) is 30.6. The van der Waals surface area contributed by atoms with Crippen molar-refractivity contribution in [2.24, 2.45) is 11.3 Å². The zero-order valence-electron chi connectivity index (χ0n) is 29.0. The van der Waals surface area contributed by atoms with Crippen molar-refractivity contribution in [3.05, 3.63) is 29.3 Å². The number of alkyl halides is 5. The molecule has 2 bridgehead atoms. The van der Waals surface area contributed by atoms with Gasteiger partial charge in [0.25, 0.3) is 0 Å². The van der Waals surface area contributed by atoms with E-state index in [0.717, 1.165) is 64.5 Å². The van der Waals surface area contributed by atoms with Gasteiger partial charge in [-0.1, -0.05) is 31.9 Å². The highest BCUT2D eigenvalue weighted by Crippen LogP contribution is 2.58. The van der Waals surface area contributed by atoms with Gasteiger partial charge in [0, 0.05) is 53.1 Å². The molecule has 0 amide bonds. The number of ether oxygens (including phenoxy) is 2. The number of halogens is 5. The molecule has 1 aromatic rings. The fourth-order valence-electron chi connectivity index (χ4n) is 7.08. The second-order valence-electron chi connectivity index (χ2n) is 14.5. The monoisotopic (exact) mass is 722 g/mol. The molecule has 3 aliphatic heterocycles. The van der Waals surface area contributed by atoms with Gasteiger partial charge in [0.05, 0.1) is 0 Å². The van der Waals surface area contributed by atoms with Crippen LogP contribution in [0, 0.1) is 11.3 Å². The largest absolute Gasteiger partial charge is 0.514 e. The third-order valence-electron chi connectivity index (χ3n) is 10.9. The Labute approximate surface area is 290 Å². The van der Waals surface area contributed by atoms with E-state index in [9.17, 15) is 31.5 Å². The average molecular weight is 723 g/mol. The summed E-state index contributed by atoms with van der Waals surface area (Å²) >= 11 is 3.38. The van der Waals surface area contributed by atoms with Crippen molar-refractivity contribution in [1.82, 2.24) is 9.21 Å². The molecule has 48 heavy (non-hydrogen) atoms. The molecule has 0 aromatic heterocycles. The summed E-state index contributed by atoms with van der Waals surface area (Å²) in [5.74, 6) is -2.76. The number of hydrogen-bond acceptors (Lipinski definition) is 8. The number of rotatable bonds is 9. The van der Waals surface area contributed by atoms with E-state index < -0.39 is 24.7 Å². The lowest BCUT2D eigenvalue weighted by Crippen LogP contribution is -2.37. The van der Waals surface area contributed by atoms with Crippen molar-refractivity contribution in [2.45, 2.75) is 126 Å². The molecule has 4 aliphatic rings. The summed E-state index contributed by atoms with van der Waals surface area (Å²) < 4.78 is 73.8. The molecule has 0 N–H and O–H groups in total. The van der Waals surface area contributed by atoms with Gasteiger partial charge in [0.1, 0.15) is 17.6 Å². The number of benzene rings is 1. The summed E-state index contributed by atoms with van der Waals surface area (Å²) in [6, 6.07) is 6.07. The molecule has 5 unspecified atom stereocenters. The van der Waals surface area contributed by atoms with Crippen molar-refractivity contribution >= 4 is 35.6 Å². The predicted molar refractivity (Wildman–Crippen MR) is 182 cm³/mol. The summed E-state index contributed by atoms with van der Waals surface area (Å²) in [5.41, 5.74) is 2.42. The minimum atomic E-state index is -5.44. The SMILES string of the molecule is CCC(C)(C)N(C)SCCCC(F)(F)C(F)(F)F.CN1CCC(OC(=O)Oc2ccc3c(c2)CCC2SC3CCC3(C)C(=O)CCC23)C1. The standard InChI is InChI=1S/C24H31NO4S.C11H20F5NS/c1-24-11-9-20-18-5-4-16(28-23(27)29-17-10-12-25(2)14-17)13-15(18)3-7-21(30-20)19(24)6-8-22(24)26;1-5-9(2,3)17(4)18-8-6-7-10(12,13)11(14,15)16/h4-5,13,17,19-21H,3,6-12,14H2,1-2H3;5-8H2,1-4H3. The number of aryl methyl sites for hydroxylation is 1. The maximum atomic E-state index is 12.6. The molecule has 272 valence electrons. The van der Waals surface area contributed by atoms with Crippen LogP contribution in [0.3, 0.4) is 0 Å². The molecule has 0 radical (unpaired) electrons. The van der Waals surface area contributed by atoms with E-state index >= 15 is 0 Å². The Morgan fingerprint density at radius 2 is 1.85 bits per heavy atom. The molecule has 2 saturated heterocycles. The number of likely N-dealkylation sites (tertiary alicyclic amines) is 1. The van der Waals surface area contributed by atoms with Crippen molar-refractivity contribution in [1.29, 1.82) is 0 Å². The maximum Gasteiger partial charge on any atom is 0.514 e. The average Bonchev–Trinajstić information content (AvgIpc) is 3.43. The highest BCUT2D eigenvalue weighted by Gasteiger charge is 2.56.